The smallest absolute Gasteiger partial charge is 0.238 e. The molecule has 0 bridgehead atoms. The van der Waals surface area contributed by atoms with Gasteiger partial charge in [-0.1, -0.05) is 41.4 Å². The molecule has 0 unspecified atom stereocenters. The Morgan fingerprint density at radius 1 is 0.862 bits per heavy atom. The number of carbonyl (C=O) groups is 2. The second-order valence-electron chi connectivity index (χ2n) is 7.45. The SMILES string of the molecule is Cc1ccc(NC(=O)CN2CCN(CC(=O)Nc3ccccc3Cl)CC2)c(C)c1. The summed E-state index contributed by atoms with van der Waals surface area (Å²) < 4.78 is 0. The number of hydrogen-bond donors (Lipinski definition) is 2. The van der Waals surface area contributed by atoms with E-state index in [1.807, 2.05) is 38.1 Å². The lowest BCUT2D eigenvalue weighted by atomic mass is 10.1. The monoisotopic (exact) mass is 414 g/mol. The van der Waals surface area contributed by atoms with Crippen LogP contribution in [0.2, 0.25) is 5.02 Å². The molecule has 2 aromatic carbocycles. The van der Waals surface area contributed by atoms with Crippen molar-refractivity contribution < 1.29 is 9.59 Å². The molecule has 1 heterocycles. The summed E-state index contributed by atoms with van der Waals surface area (Å²) in [5, 5.41) is 6.37. The molecule has 0 radical (unpaired) electrons. The van der Waals surface area contributed by atoms with Crippen LogP contribution in [0.5, 0.6) is 0 Å². The Balaban J connectivity index is 1.41. The third-order valence-electron chi connectivity index (χ3n) is 5.00. The van der Waals surface area contributed by atoms with Gasteiger partial charge in [0.1, 0.15) is 0 Å². The van der Waals surface area contributed by atoms with Gasteiger partial charge < -0.3 is 10.6 Å². The molecule has 1 aliphatic rings. The maximum Gasteiger partial charge on any atom is 0.238 e. The summed E-state index contributed by atoms with van der Waals surface area (Å²) in [5.41, 5.74) is 3.72. The van der Waals surface area contributed by atoms with Crippen LogP contribution in [0.15, 0.2) is 42.5 Å². The summed E-state index contributed by atoms with van der Waals surface area (Å²) >= 11 is 6.08. The highest BCUT2D eigenvalue weighted by Crippen LogP contribution is 2.20. The molecule has 29 heavy (non-hydrogen) atoms. The van der Waals surface area contributed by atoms with Gasteiger partial charge in [-0.3, -0.25) is 19.4 Å². The zero-order chi connectivity index (χ0) is 20.8. The summed E-state index contributed by atoms with van der Waals surface area (Å²) in [6.45, 7) is 7.68. The van der Waals surface area contributed by atoms with Gasteiger partial charge in [-0.05, 0) is 37.6 Å². The summed E-state index contributed by atoms with van der Waals surface area (Å²) in [6, 6.07) is 13.2. The topological polar surface area (TPSA) is 64.7 Å². The van der Waals surface area contributed by atoms with E-state index in [1.165, 1.54) is 5.56 Å². The van der Waals surface area contributed by atoms with Crippen LogP contribution in [0.3, 0.4) is 0 Å². The van der Waals surface area contributed by atoms with Crippen molar-refractivity contribution in [2.45, 2.75) is 13.8 Å². The number of hydrogen-bond acceptors (Lipinski definition) is 4. The van der Waals surface area contributed by atoms with E-state index in [9.17, 15) is 9.59 Å². The first kappa shape index (κ1) is 21.3. The van der Waals surface area contributed by atoms with Crippen molar-refractivity contribution in [2.75, 3.05) is 49.9 Å². The van der Waals surface area contributed by atoms with Gasteiger partial charge in [-0.25, -0.2) is 0 Å². The molecule has 3 rings (SSSR count). The number of rotatable bonds is 6. The first-order chi connectivity index (χ1) is 13.9. The summed E-state index contributed by atoms with van der Waals surface area (Å²) in [5.74, 6) is -0.0963. The summed E-state index contributed by atoms with van der Waals surface area (Å²) in [7, 11) is 0. The zero-order valence-electron chi connectivity index (χ0n) is 16.9. The molecular weight excluding hydrogens is 388 g/mol. The second-order valence-corrected chi connectivity index (χ2v) is 7.85. The minimum absolute atomic E-state index is 0.0122. The van der Waals surface area contributed by atoms with Crippen molar-refractivity contribution >= 4 is 34.8 Å². The maximum atomic E-state index is 12.4. The van der Waals surface area contributed by atoms with Crippen LogP contribution in [0, 0.1) is 13.8 Å². The predicted molar refractivity (Wildman–Crippen MR) is 118 cm³/mol. The molecule has 2 amide bonds. The van der Waals surface area contributed by atoms with Gasteiger partial charge in [-0.2, -0.15) is 0 Å². The van der Waals surface area contributed by atoms with Gasteiger partial charge in [0.15, 0.2) is 0 Å². The fourth-order valence-electron chi connectivity index (χ4n) is 3.41. The highest BCUT2D eigenvalue weighted by atomic mass is 35.5. The van der Waals surface area contributed by atoms with Crippen LogP contribution in [0.4, 0.5) is 11.4 Å². The van der Waals surface area contributed by atoms with Gasteiger partial charge in [0, 0.05) is 31.9 Å². The molecule has 154 valence electrons. The number of para-hydroxylation sites is 1. The lowest BCUT2D eigenvalue weighted by Crippen LogP contribution is -2.50. The van der Waals surface area contributed by atoms with Gasteiger partial charge in [0.05, 0.1) is 23.8 Å². The number of nitrogens with zero attached hydrogens (tertiary/aromatic N) is 2. The summed E-state index contributed by atoms with van der Waals surface area (Å²) in [6.07, 6.45) is 0. The number of halogens is 1. The van der Waals surface area contributed by atoms with Gasteiger partial charge in [0.25, 0.3) is 0 Å². The first-order valence-electron chi connectivity index (χ1n) is 9.77. The Morgan fingerprint density at radius 3 is 1.97 bits per heavy atom. The molecule has 0 spiro atoms. The van der Waals surface area contributed by atoms with Crippen molar-refractivity contribution in [2.24, 2.45) is 0 Å². The number of anilines is 2. The maximum absolute atomic E-state index is 12.4. The van der Waals surface area contributed by atoms with Crippen LogP contribution in [0.1, 0.15) is 11.1 Å². The van der Waals surface area contributed by atoms with E-state index in [1.54, 1.807) is 12.1 Å². The van der Waals surface area contributed by atoms with Crippen molar-refractivity contribution in [1.29, 1.82) is 0 Å². The van der Waals surface area contributed by atoms with Crippen LogP contribution in [0.25, 0.3) is 0 Å². The van der Waals surface area contributed by atoms with Crippen LogP contribution < -0.4 is 10.6 Å². The average molecular weight is 415 g/mol. The lowest BCUT2D eigenvalue weighted by Gasteiger charge is -2.33. The fourth-order valence-corrected chi connectivity index (χ4v) is 3.59. The average Bonchev–Trinajstić information content (AvgIpc) is 2.67. The highest BCUT2D eigenvalue weighted by Gasteiger charge is 2.21. The molecule has 6 nitrogen and oxygen atoms in total. The minimum Gasteiger partial charge on any atom is -0.325 e. The van der Waals surface area contributed by atoms with Crippen molar-refractivity contribution in [3.63, 3.8) is 0 Å². The predicted octanol–water partition coefficient (Wildman–Crippen LogP) is 3.15. The molecule has 2 N–H and O–H groups in total. The van der Waals surface area contributed by atoms with Crippen molar-refractivity contribution in [3.05, 3.63) is 58.6 Å². The second kappa shape index (κ2) is 9.87. The van der Waals surface area contributed by atoms with Crippen LogP contribution in [-0.4, -0.2) is 60.9 Å². The third kappa shape index (κ3) is 6.29. The number of aryl methyl sites for hydroxylation is 2. The molecule has 1 aliphatic heterocycles. The van der Waals surface area contributed by atoms with Crippen molar-refractivity contribution in [1.82, 2.24) is 9.80 Å². The largest absolute Gasteiger partial charge is 0.325 e. The molecule has 2 aromatic rings. The fraction of sp³-hybridized carbons (Fsp3) is 0.364. The van der Waals surface area contributed by atoms with Crippen molar-refractivity contribution in [3.8, 4) is 0 Å². The van der Waals surface area contributed by atoms with E-state index >= 15 is 0 Å². The molecule has 0 saturated carbocycles. The Hall–Kier alpha value is -2.41. The number of carbonyl (C=O) groups excluding carboxylic acids is 2. The number of piperazine rings is 1. The Morgan fingerprint density at radius 2 is 1.41 bits per heavy atom. The molecule has 0 atom stereocenters. The minimum atomic E-state index is -0.0841. The molecular formula is C22H27ClN4O2. The van der Waals surface area contributed by atoms with Gasteiger partial charge in [0.2, 0.25) is 11.8 Å². The number of nitrogens with one attached hydrogen (secondary N) is 2. The van der Waals surface area contributed by atoms with Gasteiger partial charge >= 0.3 is 0 Å². The van der Waals surface area contributed by atoms with Gasteiger partial charge in [-0.15, -0.1) is 0 Å². The Kier molecular flexibility index (Phi) is 7.25. The van der Waals surface area contributed by atoms with Crippen LogP contribution in [-0.2, 0) is 9.59 Å². The van der Waals surface area contributed by atoms with E-state index in [4.69, 9.17) is 11.6 Å². The standard InChI is InChI=1S/C22H27ClN4O2/c1-16-7-8-19(17(2)13-16)24-21(28)14-26-9-11-27(12-10-26)15-22(29)25-20-6-4-3-5-18(20)23/h3-8,13H,9-12,14-15H2,1-2H3,(H,24,28)(H,25,29). The highest BCUT2D eigenvalue weighted by molar-refractivity contribution is 6.33. The summed E-state index contributed by atoms with van der Waals surface area (Å²) in [4.78, 5) is 28.8. The zero-order valence-corrected chi connectivity index (χ0v) is 17.6. The molecule has 1 saturated heterocycles. The van der Waals surface area contributed by atoms with Crippen LogP contribution >= 0.6 is 11.6 Å². The van der Waals surface area contributed by atoms with E-state index in [0.717, 1.165) is 37.4 Å². The molecule has 1 fully saturated rings. The quantitative estimate of drug-likeness (QED) is 0.762. The molecule has 0 aliphatic carbocycles. The normalized spacial score (nSPS) is 15.1. The molecule has 7 heteroatoms. The number of amides is 2. The van der Waals surface area contributed by atoms with E-state index in [0.29, 0.717) is 23.8 Å². The first-order valence-corrected chi connectivity index (χ1v) is 10.1. The Bertz CT molecular complexity index is 879. The lowest BCUT2D eigenvalue weighted by molar-refractivity contribution is -0.120. The van der Waals surface area contributed by atoms with E-state index in [2.05, 4.69) is 26.5 Å². The van der Waals surface area contributed by atoms with E-state index < -0.39 is 0 Å². The Labute approximate surface area is 176 Å². The number of benzene rings is 2. The molecule has 0 aromatic heterocycles. The third-order valence-corrected chi connectivity index (χ3v) is 5.33. The van der Waals surface area contributed by atoms with E-state index in [-0.39, 0.29) is 11.8 Å².